The Hall–Kier alpha value is -1.24. The van der Waals surface area contributed by atoms with Gasteiger partial charge >= 0.3 is 0 Å². The Morgan fingerprint density at radius 2 is 2.25 bits per heavy atom. The molecule has 0 radical (unpaired) electrons. The monoisotopic (exact) mass is 161 g/mol. The molecule has 1 N–H and O–H groups in total. The third kappa shape index (κ3) is 1.88. The number of hydrogen-bond donors (Lipinski definition) is 1. The van der Waals surface area contributed by atoms with Gasteiger partial charge in [0.2, 0.25) is 0 Å². The minimum atomic E-state index is 1.09. The Morgan fingerprint density at radius 1 is 1.50 bits per heavy atom. The van der Waals surface area contributed by atoms with Crippen molar-refractivity contribution in [2.24, 2.45) is 0 Å². The zero-order valence-corrected chi connectivity index (χ0v) is 7.72. The molecule has 0 aliphatic heterocycles. The summed E-state index contributed by atoms with van der Waals surface area (Å²) in [6.45, 7) is 7.89. The Labute approximate surface area is 74.1 Å². The zero-order valence-electron chi connectivity index (χ0n) is 7.72. The van der Waals surface area contributed by atoms with Crippen LogP contribution in [0.3, 0.4) is 0 Å². The molecule has 0 aliphatic carbocycles. The van der Waals surface area contributed by atoms with E-state index >= 15 is 0 Å². The van der Waals surface area contributed by atoms with Gasteiger partial charge in [-0.25, -0.2) is 0 Å². The minimum absolute atomic E-state index is 1.09. The summed E-state index contributed by atoms with van der Waals surface area (Å²) in [6, 6.07) is 6.43. The molecule has 0 heterocycles. The van der Waals surface area contributed by atoms with Crippen molar-refractivity contribution >= 4 is 5.69 Å². The summed E-state index contributed by atoms with van der Waals surface area (Å²) in [6.07, 6.45) is 2.79. The second-order valence-corrected chi connectivity index (χ2v) is 2.85. The smallest absolute Gasteiger partial charge is 0.0409 e. The van der Waals surface area contributed by atoms with Crippen LogP contribution in [0, 0.1) is 6.92 Å². The molecule has 0 unspecified atom stereocenters. The molecule has 0 bridgehead atoms. The van der Waals surface area contributed by atoms with E-state index in [1.807, 2.05) is 0 Å². The van der Waals surface area contributed by atoms with Crippen LogP contribution in [0.15, 0.2) is 31.0 Å². The first-order chi connectivity index (χ1) is 5.77. The number of hydrogen-bond acceptors (Lipinski definition) is 1. The van der Waals surface area contributed by atoms with Gasteiger partial charge in [0.25, 0.3) is 0 Å². The maximum Gasteiger partial charge on any atom is 0.0409 e. The van der Waals surface area contributed by atoms with E-state index in [0.717, 1.165) is 12.1 Å². The highest BCUT2D eigenvalue weighted by Crippen LogP contribution is 2.16. The summed E-state index contributed by atoms with van der Waals surface area (Å²) in [5.41, 5.74) is 3.79. The van der Waals surface area contributed by atoms with Crippen molar-refractivity contribution in [3.05, 3.63) is 42.1 Å². The second kappa shape index (κ2) is 3.96. The predicted octanol–water partition coefficient (Wildman–Crippen LogP) is 3.11. The summed E-state index contributed by atoms with van der Waals surface area (Å²) in [5.74, 6) is 0. The van der Waals surface area contributed by atoms with Crippen LogP contribution >= 0.6 is 0 Å². The molecule has 0 amide bonds. The lowest BCUT2D eigenvalue weighted by atomic mass is 10.1. The lowest BCUT2D eigenvalue weighted by molar-refractivity contribution is 1.13. The van der Waals surface area contributed by atoms with E-state index in [2.05, 4.69) is 43.9 Å². The Morgan fingerprint density at radius 3 is 2.75 bits per heavy atom. The number of aryl methyl sites for hydroxylation is 2. The van der Waals surface area contributed by atoms with Crippen LogP contribution in [0.4, 0.5) is 5.69 Å². The van der Waals surface area contributed by atoms with Gasteiger partial charge in [0.05, 0.1) is 0 Å². The molecular weight excluding hydrogens is 146 g/mol. The van der Waals surface area contributed by atoms with Crippen molar-refractivity contribution < 1.29 is 0 Å². The molecule has 0 aliphatic rings. The maximum absolute atomic E-state index is 3.63. The van der Waals surface area contributed by atoms with Crippen LogP contribution < -0.4 is 5.32 Å². The van der Waals surface area contributed by atoms with Gasteiger partial charge in [-0.1, -0.05) is 25.6 Å². The average molecular weight is 161 g/mol. The quantitative estimate of drug-likeness (QED) is 0.718. The number of benzene rings is 1. The fourth-order valence-corrected chi connectivity index (χ4v) is 1.22. The molecule has 1 aromatic carbocycles. The fourth-order valence-electron chi connectivity index (χ4n) is 1.22. The lowest BCUT2D eigenvalue weighted by Crippen LogP contribution is -1.91. The summed E-state index contributed by atoms with van der Waals surface area (Å²) in [7, 11) is 0. The molecule has 0 saturated heterocycles. The Kier molecular flexibility index (Phi) is 2.92. The van der Waals surface area contributed by atoms with Gasteiger partial charge in [0.15, 0.2) is 0 Å². The minimum Gasteiger partial charge on any atom is -0.362 e. The lowest BCUT2D eigenvalue weighted by Gasteiger charge is -2.06. The normalized spacial score (nSPS) is 9.50. The number of nitrogens with one attached hydrogen (secondary N) is 1. The fraction of sp³-hybridized carbons (Fsp3) is 0.273. The number of anilines is 1. The molecule has 64 valence electrons. The van der Waals surface area contributed by atoms with Gasteiger partial charge in [-0.2, -0.15) is 0 Å². The van der Waals surface area contributed by atoms with E-state index < -0.39 is 0 Å². The van der Waals surface area contributed by atoms with Crippen molar-refractivity contribution in [3.8, 4) is 0 Å². The molecule has 0 atom stereocenters. The van der Waals surface area contributed by atoms with Crippen LogP contribution in [0.2, 0.25) is 0 Å². The molecule has 0 spiro atoms. The first-order valence-electron chi connectivity index (χ1n) is 4.25. The Balaban J connectivity index is 2.94. The van der Waals surface area contributed by atoms with Gasteiger partial charge in [0.1, 0.15) is 0 Å². The van der Waals surface area contributed by atoms with E-state index in [1.165, 1.54) is 11.1 Å². The van der Waals surface area contributed by atoms with E-state index in [0.29, 0.717) is 0 Å². The largest absolute Gasteiger partial charge is 0.362 e. The molecular formula is C11H15N. The van der Waals surface area contributed by atoms with Crippen LogP contribution in [-0.2, 0) is 6.42 Å². The van der Waals surface area contributed by atoms with Crippen molar-refractivity contribution in [3.63, 3.8) is 0 Å². The zero-order chi connectivity index (χ0) is 8.97. The van der Waals surface area contributed by atoms with E-state index in [9.17, 15) is 0 Å². The molecule has 1 aromatic rings. The van der Waals surface area contributed by atoms with Gasteiger partial charge in [-0.05, 0) is 36.7 Å². The van der Waals surface area contributed by atoms with Gasteiger partial charge in [-0.3, -0.25) is 0 Å². The molecule has 1 heteroatoms. The van der Waals surface area contributed by atoms with E-state index in [-0.39, 0.29) is 0 Å². The highest BCUT2D eigenvalue weighted by atomic mass is 14.8. The van der Waals surface area contributed by atoms with Gasteiger partial charge in [0, 0.05) is 5.69 Å². The molecule has 0 saturated carbocycles. The maximum atomic E-state index is 3.63. The van der Waals surface area contributed by atoms with Crippen LogP contribution in [-0.4, -0.2) is 0 Å². The SMILES string of the molecule is C=CNc1ccc(CC)cc1C. The third-order valence-electron chi connectivity index (χ3n) is 1.96. The van der Waals surface area contributed by atoms with Crippen LogP contribution in [0.1, 0.15) is 18.1 Å². The number of rotatable bonds is 3. The first kappa shape index (κ1) is 8.85. The van der Waals surface area contributed by atoms with E-state index in [1.54, 1.807) is 6.20 Å². The standard InChI is InChI=1S/C11H15N/c1-4-10-6-7-11(12-5-2)9(3)8-10/h5-8,12H,2,4H2,1,3H3. The Bertz CT molecular complexity index is 276. The molecule has 12 heavy (non-hydrogen) atoms. The van der Waals surface area contributed by atoms with E-state index in [4.69, 9.17) is 0 Å². The molecule has 0 fully saturated rings. The third-order valence-corrected chi connectivity index (χ3v) is 1.96. The summed E-state index contributed by atoms with van der Waals surface area (Å²) < 4.78 is 0. The topological polar surface area (TPSA) is 12.0 Å². The molecule has 0 aromatic heterocycles. The van der Waals surface area contributed by atoms with Crippen LogP contribution in [0.5, 0.6) is 0 Å². The second-order valence-electron chi connectivity index (χ2n) is 2.85. The van der Waals surface area contributed by atoms with Gasteiger partial charge < -0.3 is 5.32 Å². The summed E-state index contributed by atoms with van der Waals surface area (Å²) in [4.78, 5) is 0. The van der Waals surface area contributed by atoms with Crippen LogP contribution in [0.25, 0.3) is 0 Å². The average Bonchev–Trinajstić information content (AvgIpc) is 2.09. The predicted molar refractivity (Wildman–Crippen MR) is 54.4 cm³/mol. The highest BCUT2D eigenvalue weighted by Gasteiger charge is 1.95. The summed E-state index contributed by atoms with van der Waals surface area (Å²) >= 11 is 0. The van der Waals surface area contributed by atoms with Crippen molar-refractivity contribution in [1.29, 1.82) is 0 Å². The molecule has 1 rings (SSSR count). The summed E-state index contributed by atoms with van der Waals surface area (Å²) in [5, 5.41) is 3.09. The first-order valence-corrected chi connectivity index (χ1v) is 4.25. The highest BCUT2D eigenvalue weighted by molar-refractivity contribution is 5.53. The van der Waals surface area contributed by atoms with Crippen molar-refractivity contribution in [1.82, 2.24) is 0 Å². The van der Waals surface area contributed by atoms with Crippen molar-refractivity contribution in [2.75, 3.05) is 5.32 Å². The van der Waals surface area contributed by atoms with Crippen molar-refractivity contribution in [2.45, 2.75) is 20.3 Å². The molecule has 1 nitrogen and oxygen atoms in total. The van der Waals surface area contributed by atoms with Gasteiger partial charge in [-0.15, -0.1) is 0 Å².